The molecule has 2 unspecified atom stereocenters. The van der Waals surface area contributed by atoms with Gasteiger partial charge in [-0.25, -0.2) is 4.39 Å². The first-order valence-electron chi connectivity index (χ1n) is 8.34. The van der Waals surface area contributed by atoms with Crippen molar-refractivity contribution in [3.8, 4) is 0 Å². The number of benzene rings is 1. The highest BCUT2D eigenvalue weighted by atomic mass is 19.1. The third-order valence-corrected chi connectivity index (χ3v) is 4.67. The van der Waals surface area contributed by atoms with Crippen LogP contribution in [0, 0.1) is 11.7 Å². The van der Waals surface area contributed by atoms with Crippen LogP contribution in [0.3, 0.4) is 0 Å². The van der Waals surface area contributed by atoms with E-state index < -0.39 is 0 Å². The van der Waals surface area contributed by atoms with Crippen molar-refractivity contribution in [3.63, 3.8) is 0 Å². The highest BCUT2D eigenvalue weighted by Crippen LogP contribution is 2.22. The lowest BCUT2D eigenvalue weighted by atomic mass is 9.90. The molecular weight excluding hydrogens is 263 g/mol. The summed E-state index contributed by atoms with van der Waals surface area (Å²) in [5, 5.41) is 3.70. The maximum Gasteiger partial charge on any atom is 0.123 e. The minimum Gasteiger partial charge on any atom is -0.307 e. The third-order valence-electron chi connectivity index (χ3n) is 4.67. The summed E-state index contributed by atoms with van der Waals surface area (Å²) >= 11 is 0. The Kier molecular flexibility index (Phi) is 6.19. The Morgan fingerprint density at radius 1 is 1.29 bits per heavy atom. The van der Waals surface area contributed by atoms with E-state index >= 15 is 0 Å². The van der Waals surface area contributed by atoms with E-state index in [-0.39, 0.29) is 11.9 Å². The summed E-state index contributed by atoms with van der Waals surface area (Å²) in [5.74, 6) is 0.551. The lowest BCUT2D eigenvalue weighted by Gasteiger charge is -2.37. The minimum absolute atomic E-state index is 0.165. The Hall–Kier alpha value is -0.930. The smallest absolute Gasteiger partial charge is 0.123 e. The molecule has 0 aliphatic carbocycles. The van der Waals surface area contributed by atoms with Crippen LogP contribution in [0.5, 0.6) is 0 Å². The van der Waals surface area contributed by atoms with E-state index in [0.717, 1.165) is 5.56 Å². The van der Waals surface area contributed by atoms with Crippen LogP contribution in [0.2, 0.25) is 0 Å². The number of rotatable bonds is 6. The van der Waals surface area contributed by atoms with Gasteiger partial charge in [-0.1, -0.05) is 19.1 Å². The average molecular weight is 292 g/mol. The van der Waals surface area contributed by atoms with Gasteiger partial charge in [-0.3, -0.25) is 0 Å². The van der Waals surface area contributed by atoms with Crippen LogP contribution >= 0.6 is 0 Å². The molecule has 1 aliphatic heterocycles. The van der Waals surface area contributed by atoms with Crippen molar-refractivity contribution in [1.82, 2.24) is 10.2 Å². The molecule has 0 bridgehead atoms. The van der Waals surface area contributed by atoms with Gasteiger partial charge in [0.15, 0.2) is 0 Å². The van der Waals surface area contributed by atoms with Gasteiger partial charge in [-0.15, -0.1) is 0 Å². The maximum absolute atomic E-state index is 13.0. The first kappa shape index (κ1) is 16.4. The summed E-state index contributed by atoms with van der Waals surface area (Å²) in [7, 11) is 0. The SMILES string of the molecule is CCCN1CCCC(C(C)N[C@H](C)c2ccc(F)cc2)C1. The van der Waals surface area contributed by atoms with Crippen molar-refractivity contribution in [3.05, 3.63) is 35.6 Å². The van der Waals surface area contributed by atoms with E-state index in [9.17, 15) is 4.39 Å². The van der Waals surface area contributed by atoms with Gasteiger partial charge in [0.05, 0.1) is 0 Å². The topological polar surface area (TPSA) is 15.3 Å². The molecule has 3 atom stereocenters. The molecule has 0 radical (unpaired) electrons. The third kappa shape index (κ3) is 4.79. The van der Waals surface area contributed by atoms with E-state index in [1.165, 1.54) is 38.9 Å². The van der Waals surface area contributed by atoms with Crippen molar-refractivity contribution in [2.75, 3.05) is 19.6 Å². The van der Waals surface area contributed by atoms with Crippen molar-refractivity contribution < 1.29 is 4.39 Å². The van der Waals surface area contributed by atoms with Crippen LogP contribution in [0.4, 0.5) is 4.39 Å². The van der Waals surface area contributed by atoms with Crippen LogP contribution in [-0.4, -0.2) is 30.6 Å². The molecule has 1 heterocycles. The summed E-state index contributed by atoms with van der Waals surface area (Å²) in [5.41, 5.74) is 1.16. The summed E-state index contributed by atoms with van der Waals surface area (Å²) in [4.78, 5) is 2.59. The number of hydrogen-bond acceptors (Lipinski definition) is 2. The molecule has 1 N–H and O–H groups in total. The van der Waals surface area contributed by atoms with Gasteiger partial charge in [0.25, 0.3) is 0 Å². The highest BCUT2D eigenvalue weighted by Gasteiger charge is 2.25. The van der Waals surface area contributed by atoms with E-state index in [1.54, 1.807) is 12.1 Å². The van der Waals surface area contributed by atoms with E-state index in [4.69, 9.17) is 0 Å². The Bertz CT molecular complexity index is 416. The van der Waals surface area contributed by atoms with Gasteiger partial charge in [-0.05, 0) is 69.8 Å². The molecule has 0 spiro atoms. The molecule has 118 valence electrons. The average Bonchev–Trinajstić information content (AvgIpc) is 2.48. The number of piperidine rings is 1. The Balaban J connectivity index is 1.88. The molecule has 1 aliphatic rings. The molecule has 3 heteroatoms. The van der Waals surface area contributed by atoms with E-state index in [2.05, 4.69) is 31.0 Å². The van der Waals surface area contributed by atoms with E-state index in [1.807, 2.05) is 12.1 Å². The highest BCUT2D eigenvalue weighted by molar-refractivity contribution is 5.19. The quantitative estimate of drug-likeness (QED) is 0.853. The van der Waals surface area contributed by atoms with Gasteiger partial charge in [0.2, 0.25) is 0 Å². The lowest BCUT2D eigenvalue weighted by molar-refractivity contribution is 0.147. The second kappa shape index (κ2) is 7.90. The monoisotopic (exact) mass is 292 g/mol. The van der Waals surface area contributed by atoms with Crippen molar-refractivity contribution in [2.24, 2.45) is 5.92 Å². The number of nitrogens with zero attached hydrogens (tertiary/aromatic N) is 1. The predicted octanol–water partition coefficient (Wildman–Crippen LogP) is 3.99. The molecule has 0 saturated carbocycles. The summed E-state index contributed by atoms with van der Waals surface area (Å²) in [6, 6.07) is 7.60. The molecule has 0 aromatic heterocycles. The Morgan fingerprint density at radius 3 is 2.67 bits per heavy atom. The minimum atomic E-state index is -0.165. The number of nitrogens with one attached hydrogen (secondary N) is 1. The fourth-order valence-electron chi connectivity index (χ4n) is 3.40. The normalized spacial score (nSPS) is 23.0. The Labute approximate surface area is 128 Å². The van der Waals surface area contributed by atoms with Crippen molar-refractivity contribution in [1.29, 1.82) is 0 Å². The fourth-order valence-corrected chi connectivity index (χ4v) is 3.40. The molecule has 2 nitrogen and oxygen atoms in total. The zero-order valence-corrected chi connectivity index (χ0v) is 13.6. The van der Waals surface area contributed by atoms with Crippen LogP contribution < -0.4 is 5.32 Å². The second-order valence-electron chi connectivity index (χ2n) is 6.43. The predicted molar refractivity (Wildman–Crippen MR) is 86.9 cm³/mol. The van der Waals surface area contributed by atoms with Crippen LogP contribution in [0.1, 0.15) is 51.6 Å². The Morgan fingerprint density at radius 2 is 2.00 bits per heavy atom. The first-order chi connectivity index (χ1) is 10.1. The molecule has 1 fully saturated rings. The molecular formula is C18H29FN2. The maximum atomic E-state index is 13.0. The second-order valence-corrected chi connectivity index (χ2v) is 6.43. The van der Waals surface area contributed by atoms with Gasteiger partial charge < -0.3 is 10.2 Å². The van der Waals surface area contributed by atoms with E-state index in [0.29, 0.717) is 12.0 Å². The zero-order chi connectivity index (χ0) is 15.2. The van der Waals surface area contributed by atoms with Gasteiger partial charge >= 0.3 is 0 Å². The van der Waals surface area contributed by atoms with Crippen LogP contribution in [0.15, 0.2) is 24.3 Å². The van der Waals surface area contributed by atoms with Gasteiger partial charge in [0.1, 0.15) is 5.82 Å². The molecule has 21 heavy (non-hydrogen) atoms. The molecule has 1 aromatic carbocycles. The van der Waals surface area contributed by atoms with Gasteiger partial charge in [-0.2, -0.15) is 0 Å². The molecule has 1 saturated heterocycles. The van der Waals surface area contributed by atoms with Crippen LogP contribution in [-0.2, 0) is 0 Å². The number of likely N-dealkylation sites (tertiary alicyclic amines) is 1. The summed E-state index contributed by atoms with van der Waals surface area (Å²) in [6.45, 7) is 10.4. The van der Waals surface area contributed by atoms with Crippen molar-refractivity contribution in [2.45, 2.75) is 52.1 Å². The van der Waals surface area contributed by atoms with Crippen molar-refractivity contribution >= 4 is 0 Å². The first-order valence-corrected chi connectivity index (χ1v) is 8.34. The standard InChI is InChI=1S/C18H29FN2/c1-4-11-21-12-5-6-17(13-21)15(3)20-14(2)16-7-9-18(19)10-8-16/h7-10,14-15,17,20H,4-6,11-13H2,1-3H3/t14-,15?,17?/m1/s1. The van der Waals surface area contributed by atoms with Crippen LogP contribution in [0.25, 0.3) is 0 Å². The number of halogens is 1. The molecule has 2 rings (SSSR count). The fraction of sp³-hybridized carbons (Fsp3) is 0.667. The van der Waals surface area contributed by atoms with Gasteiger partial charge in [0, 0.05) is 18.6 Å². The lowest BCUT2D eigenvalue weighted by Crippen LogP contribution is -2.45. The molecule has 0 amide bonds. The zero-order valence-electron chi connectivity index (χ0n) is 13.6. The largest absolute Gasteiger partial charge is 0.307 e. The number of hydrogen-bond donors (Lipinski definition) is 1. The summed E-state index contributed by atoms with van der Waals surface area (Å²) in [6.07, 6.45) is 3.85. The molecule has 1 aromatic rings. The summed E-state index contributed by atoms with van der Waals surface area (Å²) < 4.78 is 13.0.